The summed E-state index contributed by atoms with van der Waals surface area (Å²) < 4.78 is 5.75. The Morgan fingerprint density at radius 3 is 2.96 bits per heavy atom. The van der Waals surface area contributed by atoms with Crippen molar-refractivity contribution in [3.8, 4) is 6.07 Å². The molecule has 3 aliphatic heterocycles. The molecule has 1 aromatic rings. The summed E-state index contributed by atoms with van der Waals surface area (Å²) in [7, 11) is 0. The van der Waals surface area contributed by atoms with Crippen molar-refractivity contribution >= 4 is 23.2 Å². The molecule has 4 unspecified atom stereocenters. The number of nitrogens with zero attached hydrogens (tertiary/aromatic N) is 1. The van der Waals surface area contributed by atoms with Gasteiger partial charge in [-0.25, -0.2) is 5.43 Å². The molecule has 5 N–H and O–H groups in total. The Labute approximate surface area is 156 Å². The lowest BCUT2D eigenvalue weighted by Crippen LogP contribution is -2.56. The van der Waals surface area contributed by atoms with Crippen LogP contribution in [0.1, 0.15) is 31.7 Å². The third-order valence-electron chi connectivity index (χ3n) is 5.56. The lowest BCUT2D eigenvalue weighted by atomic mass is 9.62. The zero-order valence-corrected chi connectivity index (χ0v) is 15.1. The summed E-state index contributed by atoms with van der Waals surface area (Å²) in [5.41, 5.74) is 12.6. The maximum absolute atomic E-state index is 13.3. The van der Waals surface area contributed by atoms with E-state index in [1.807, 2.05) is 0 Å². The van der Waals surface area contributed by atoms with E-state index in [2.05, 4.69) is 29.2 Å². The van der Waals surface area contributed by atoms with Crippen molar-refractivity contribution in [1.29, 1.82) is 5.26 Å². The Morgan fingerprint density at radius 1 is 1.42 bits per heavy atom. The van der Waals surface area contributed by atoms with E-state index < -0.39 is 11.6 Å². The Morgan fingerprint density at radius 2 is 2.23 bits per heavy atom. The minimum Gasteiger partial charge on any atom is -0.458 e. The van der Waals surface area contributed by atoms with Crippen LogP contribution in [-0.4, -0.2) is 18.2 Å². The lowest BCUT2D eigenvalue weighted by molar-refractivity contribution is -0.124. The highest BCUT2D eigenvalue weighted by molar-refractivity contribution is 6.31. The van der Waals surface area contributed by atoms with Gasteiger partial charge in [-0.2, -0.15) is 5.26 Å². The van der Waals surface area contributed by atoms with Crippen LogP contribution >= 0.6 is 11.6 Å². The van der Waals surface area contributed by atoms with Crippen LogP contribution in [0.15, 0.2) is 29.7 Å². The minimum atomic E-state index is -1.23. The molecule has 26 heavy (non-hydrogen) atoms. The molecule has 0 radical (unpaired) electrons. The number of ether oxygens (including phenoxy) is 1. The highest BCUT2D eigenvalue weighted by atomic mass is 35.5. The number of nitrogens with two attached hydrogens (primary N) is 1. The molecule has 3 aliphatic rings. The van der Waals surface area contributed by atoms with Gasteiger partial charge < -0.3 is 15.8 Å². The van der Waals surface area contributed by atoms with E-state index in [0.29, 0.717) is 16.3 Å². The summed E-state index contributed by atoms with van der Waals surface area (Å²) in [6.45, 7) is 2.11. The zero-order chi connectivity index (χ0) is 18.5. The summed E-state index contributed by atoms with van der Waals surface area (Å²) in [6.07, 6.45) is 2.35. The number of anilines is 1. The van der Waals surface area contributed by atoms with Crippen molar-refractivity contribution in [3.63, 3.8) is 0 Å². The number of fused-ring (bicyclic) bond motifs is 4. The fourth-order valence-electron chi connectivity index (χ4n) is 4.46. The summed E-state index contributed by atoms with van der Waals surface area (Å²) >= 11 is 6.23. The summed E-state index contributed by atoms with van der Waals surface area (Å²) in [4.78, 5) is 13.3. The van der Waals surface area contributed by atoms with Gasteiger partial charge in [0.25, 0.3) is 0 Å². The quantitative estimate of drug-likeness (QED) is 0.643. The predicted octanol–water partition coefficient (Wildman–Crippen LogP) is 1.86. The first-order valence-corrected chi connectivity index (χ1v) is 9.11. The number of nitriles is 1. The number of unbranched alkanes of at least 4 members (excludes halogenated alkanes) is 1. The van der Waals surface area contributed by atoms with Crippen LogP contribution in [0.5, 0.6) is 0 Å². The van der Waals surface area contributed by atoms with E-state index in [9.17, 15) is 10.1 Å². The van der Waals surface area contributed by atoms with Gasteiger partial charge in [-0.1, -0.05) is 31.4 Å². The maximum atomic E-state index is 13.3. The first kappa shape index (κ1) is 17.2. The molecule has 1 fully saturated rings. The highest BCUT2D eigenvalue weighted by Gasteiger charge is 2.65. The summed E-state index contributed by atoms with van der Waals surface area (Å²) in [5, 5.41) is 13.3. The SMILES string of the molecule is CCCCC1NNC2OC(N)=C(C#N)C3(C(=O)Nc4ccc(Cl)cc43)C12. The number of carbonyl (C=O) groups excluding carboxylic acids is 1. The number of benzene rings is 1. The van der Waals surface area contributed by atoms with E-state index in [4.69, 9.17) is 22.1 Å². The van der Waals surface area contributed by atoms with Gasteiger partial charge in [-0.3, -0.25) is 10.2 Å². The van der Waals surface area contributed by atoms with Crippen LogP contribution in [0.3, 0.4) is 0 Å². The largest absolute Gasteiger partial charge is 0.458 e. The molecule has 4 atom stereocenters. The predicted molar refractivity (Wildman–Crippen MR) is 96.5 cm³/mol. The number of halogens is 1. The Balaban J connectivity index is 1.95. The van der Waals surface area contributed by atoms with Gasteiger partial charge in [0.2, 0.25) is 11.8 Å². The zero-order valence-electron chi connectivity index (χ0n) is 14.3. The number of amides is 1. The molecule has 0 aromatic heterocycles. The topological polar surface area (TPSA) is 112 Å². The Bertz CT molecular complexity index is 848. The first-order valence-electron chi connectivity index (χ1n) is 8.73. The highest BCUT2D eigenvalue weighted by Crippen LogP contribution is 2.54. The third-order valence-corrected chi connectivity index (χ3v) is 5.79. The first-order chi connectivity index (χ1) is 12.5. The van der Waals surface area contributed by atoms with Crippen LogP contribution < -0.4 is 21.9 Å². The second-order valence-corrected chi connectivity index (χ2v) is 7.34. The lowest BCUT2D eigenvalue weighted by Gasteiger charge is -2.42. The molecular formula is C18H20ClN5O2. The van der Waals surface area contributed by atoms with Crippen LogP contribution in [0.2, 0.25) is 5.02 Å². The number of rotatable bonds is 3. The van der Waals surface area contributed by atoms with E-state index in [1.54, 1.807) is 18.2 Å². The average Bonchev–Trinajstić information content (AvgIpc) is 3.13. The molecule has 8 heteroatoms. The number of nitrogens with one attached hydrogen (secondary N) is 3. The second-order valence-electron chi connectivity index (χ2n) is 6.90. The van der Waals surface area contributed by atoms with Gasteiger partial charge in [-0.05, 0) is 30.2 Å². The van der Waals surface area contributed by atoms with Crippen molar-refractivity contribution in [2.75, 3.05) is 5.32 Å². The minimum absolute atomic E-state index is 0.0258. The molecule has 0 bridgehead atoms. The van der Waals surface area contributed by atoms with E-state index in [-0.39, 0.29) is 29.3 Å². The average molecular weight is 374 g/mol. The van der Waals surface area contributed by atoms with Crippen molar-refractivity contribution in [1.82, 2.24) is 10.9 Å². The molecule has 1 amide bonds. The Kier molecular flexibility index (Phi) is 4.07. The van der Waals surface area contributed by atoms with Crippen LogP contribution in [0, 0.1) is 17.2 Å². The van der Waals surface area contributed by atoms with Gasteiger partial charge in [-0.15, -0.1) is 0 Å². The summed E-state index contributed by atoms with van der Waals surface area (Å²) in [6, 6.07) is 7.31. The summed E-state index contributed by atoms with van der Waals surface area (Å²) in [5.74, 6) is -0.613. The van der Waals surface area contributed by atoms with Crippen molar-refractivity contribution in [3.05, 3.63) is 40.2 Å². The smallest absolute Gasteiger partial charge is 0.241 e. The fourth-order valence-corrected chi connectivity index (χ4v) is 4.63. The standard InChI is InChI=1S/C18H20ClN5O2/c1-2-3-4-13-14-16(24-23-13)26-15(21)11(8-20)18(14)10-7-9(19)5-6-12(10)22-17(18)25/h5-7,13-14,16,23-24H,2-4,21H2,1H3,(H,22,25). The van der Waals surface area contributed by atoms with Crippen molar-refractivity contribution < 1.29 is 9.53 Å². The monoisotopic (exact) mass is 373 g/mol. The number of hydrogen-bond donors (Lipinski definition) is 4. The van der Waals surface area contributed by atoms with Crippen molar-refractivity contribution in [2.24, 2.45) is 11.7 Å². The van der Waals surface area contributed by atoms with E-state index >= 15 is 0 Å². The molecule has 3 heterocycles. The molecule has 0 aliphatic carbocycles. The maximum Gasteiger partial charge on any atom is 0.241 e. The number of carbonyl (C=O) groups is 1. The second kappa shape index (κ2) is 6.16. The van der Waals surface area contributed by atoms with Crippen LogP contribution in [0.4, 0.5) is 5.69 Å². The van der Waals surface area contributed by atoms with Gasteiger partial charge in [0.05, 0.1) is 5.92 Å². The normalized spacial score (nSPS) is 32.0. The molecule has 136 valence electrons. The molecule has 0 saturated carbocycles. The van der Waals surface area contributed by atoms with Gasteiger partial charge >= 0.3 is 0 Å². The molecule has 1 aromatic carbocycles. The molecular weight excluding hydrogens is 354 g/mol. The fraction of sp³-hybridized carbons (Fsp3) is 0.444. The van der Waals surface area contributed by atoms with Gasteiger partial charge in [0.15, 0.2) is 6.23 Å². The molecule has 1 spiro atoms. The van der Waals surface area contributed by atoms with E-state index in [0.717, 1.165) is 19.3 Å². The molecule has 7 nitrogen and oxygen atoms in total. The van der Waals surface area contributed by atoms with Crippen molar-refractivity contribution in [2.45, 2.75) is 43.9 Å². The van der Waals surface area contributed by atoms with E-state index in [1.165, 1.54) is 0 Å². The van der Waals surface area contributed by atoms with Crippen LogP contribution in [0.25, 0.3) is 0 Å². The third kappa shape index (κ3) is 2.16. The number of hydrogen-bond acceptors (Lipinski definition) is 6. The van der Waals surface area contributed by atoms with Crippen LogP contribution in [-0.2, 0) is 14.9 Å². The Hall–Kier alpha value is -2.27. The molecule has 1 saturated heterocycles. The number of hydrazine groups is 1. The van der Waals surface area contributed by atoms with Gasteiger partial charge in [0, 0.05) is 16.8 Å². The molecule has 4 rings (SSSR count). The van der Waals surface area contributed by atoms with Gasteiger partial charge in [0.1, 0.15) is 17.1 Å².